The lowest BCUT2D eigenvalue weighted by Gasteiger charge is -2.22. The molecule has 0 amide bonds. The Bertz CT molecular complexity index is 2350. The average Bonchev–Trinajstić information content (AvgIpc) is 3.70. The number of hydrogen-bond acceptors (Lipinski definition) is 0. The summed E-state index contributed by atoms with van der Waals surface area (Å²) < 4.78 is 4.77. The molecule has 2 heteroatoms. The van der Waals surface area contributed by atoms with E-state index in [0.29, 0.717) is 0 Å². The molecule has 204 valence electrons. The highest BCUT2D eigenvalue weighted by Crippen LogP contribution is 2.49. The first-order valence-corrected chi connectivity index (χ1v) is 15.0. The van der Waals surface area contributed by atoms with Gasteiger partial charge in [-0.1, -0.05) is 111 Å². The third kappa shape index (κ3) is 3.41. The van der Waals surface area contributed by atoms with Crippen molar-refractivity contribution in [2.24, 2.45) is 0 Å². The van der Waals surface area contributed by atoms with E-state index in [9.17, 15) is 0 Å². The Morgan fingerprint density at radius 1 is 0.488 bits per heavy atom. The summed E-state index contributed by atoms with van der Waals surface area (Å²) in [4.78, 5) is 0. The molecule has 6 aromatic carbocycles. The summed E-state index contributed by atoms with van der Waals surface area (Å²) in [5, 5.41) is 3.77. The topological polar surface area (TPSA) is 9.86 Å². The maximum absolute atomic E-state index is 2.44. The summed E-state index contributed by atoms with van der Waals surface area (Å²) in [7, 11) is 0. The number of fused-ring (bicyclic) bond motifs is 8. The molecule has 43 heavy (non-hydrogen) atoms. The molecule has 0 unspecified atom stereocenters. The van der Waals surface area contributed by atoms with E-state index in [1.165, 1.54) is 71.8 Å². The third-order valence-corrected chi connectivity index (χ3v) is 9.56. The van der Waals surface area contributed by atoms with Gasteiger partial charge in [0.05, 0.1) is 16.6 Å². The molecule has 1 aliphatic rings. The maximum Gasteiger partial charge on any atom is 0.0788 e. The first kappa shape index (κ1) is 24.3. The minimum atomic E-state index is -0.0100. The van der Waals surface area contributed by atoms with Gasteiger partial charge >= 0.3 is 0 Å². The first-order chi connectivity index (χ1) is 21.1. The molecule has 0 fully saturated rings. The SMILES string of the molecule is CC1(C)c2ccccc2-c2ccc(-c3ccc(-n4c5ccccc5c5ccc6ccn(-c7ccccc7)c6c54)cc3)cc21. The van der Waals surface area contributed by atoms with Crippen LogP contribution < -0.4 is 0 Å². The standard InChI is InChI=1S/C41H30N2/c1-41(2)36-14-8-6-12-32(36)33-22-19-29(26-37(33)41)27-16-20-31(21-17-27)43-38-15-9-7-13-34(38)35-23-18-28-24-25-42(39(28)40(35)43)30-10-4-3-5-11-30/h3-26H,1-2H3. The van der Waals surface area contributed by atoms with Crippen LogP contribution in [0.4, 0.5) is 0 Å². The molecule has 9 rings (SSSR count). The van der Waals surface area contributed by atoms with Crippen LogP contribution >= 0.6 is 0 Å². The zero-order chi connectivity index (χ0) is 28.7. The second-order valence-electron chi connectivity index (χ2n) is 12.3. The van der Waals surface area contributed by atoms with Gasteiger partial charge in [-0.25, -0.2) is 0 Å². The van der Waals surface area contributed by atoms with E-state index >= 15 is 0 Å². The second-order valence-corrected chi connectivity index (χ2v) is 12.3. The fraction of sp³-hybridized carbons (Fsp3) is 0.0732. The van der Waals surface area contributed by atoms with E-state index in [1.807, 2.05) is 0 Å². The fourth-order valence-electron chi connectivity index (χ4n) is 7.43. The van der Waals surface area contributed by atoms with Gasteiger partial charge in [0.2, 0.25) is 0 Å². The molecule has 8 aromatic rings. The van der Waals surface area contributed by atoms with Crippen LogP contribution in [0.15, 0.2) is 146 Å². The van der Waals surface area contributed by atoms with Crippen molar-refractivity contribution in [1.29, 1.82) is 0 Å². The highest BCUT2D eigenvalue weighted by atomic mass is 15.0. The maximum atomic E-state index is 2.44. The number of benzene rings is 6. The Morgan fingerprint density at radius 3 is 2.07 bits per heavy atom. The quantitative estimate of drug-likeness (QED) is 0.207. The van der Waals surface area contributed by atoms with Gasteiger partial charge in [-0.3, -0.25) is 0 Å². The number of aromatic nitrogens is 2. The van der Waals surface area contributed by atoms with Crippen molar-refractivity contribution in [3.63, 3.8) is 0 Å². The van der Waals surface area contributed by atoms with Crippen LogP contribution in [0.25, 0.3) is 66.3 Å². The molecule has 0 atom stereocenters. The predicted octanol–water partition coefficient (Wildman–Crippen LogP) is 10.7. The molecule has 0 saturated carbocycles. The summed E-state index contributed by atoms with van der Waals surface area (Å²) in [6, 6.07) is 51.1. The molecule has 0 N–H and O–H groups in total. The lowest BCUT2D eigenvalue weighted by Crippen LogP contribution is -2.14. The first-order valence-electron chi connectivity index (χ1n) is 15.0. The number of nitrogens with zero attached hydrogens (tertiary/aromatic N) is 2. The lowest BCUT2D eigenvalue weighted by molar-refractivity contribution is 0.660. The monoisotopic (exact) mass is 550 g/mol. The van der Waals surface area contributed by atoms with Gasteiger partial charge in [0, 0.05) is 39.1 Å². The number of rotatable bonds is 3. The predicted molar refractivity (Wildman–Crippen MR) is 181 cm³/mol. The van der Waals surface area contributed by atoms with Gasteiger partial charge in [0.25, 0.3) is 0 Å². The van der Waals surface area contributed by atoms with Crippen LogP contribution in [0.1, 0.15) is 25.0 Å². The summed E-state index contributed by atoms with van der Waals surface area (Å²) in [5.41, 5.74) is 14.0. The van der Waals surface area contributed by atoms with Gasteiger partial charge in [-0.05, 0) is 75.8 Å². The molecule has 0 spiro atoms. The van der Waals surface area contributed by atoms with E-state index in [4.69, 9.17) is 0 Å². The third-order valence-electron chi connectivity index (χ3n) is 9.56. The van der Waals surface area contributed by atoms with Crippen molar-refractivity contribution in [1.82, 2.24) is 9.13 Å². The minimum Gasteiger partial charge on any atom is -0.315 e. The smallest absolute Gasteiger partial charge is 0.0788 e. The van der Waals surface area contributed by atoms with Gasteiger partial charge in [0.15, 0.2) is 0 Å². The molecule has 2 heterocycles. The molecule has 0 bridgehead atoms. The molecule has 0 aliphatic heterocycles. The van der Waals surface area contributed by atoms with Crippen LogP contribution in [-0.2, 0) is 5.41 Å². The Balaban J connectivity index is 1.22. The Hall–Kier alpha value is -5.34. The van der Waals surface area contributed by atoms with Crippen LogP contribution in [0.3, 0.4) is 0 Å². The number of hydrogen-bond donors (Lipinski definition) is 0. The van der Waals surface area contributed by atoms with Crippen molar-refractivity contribution >= 4 is 32.7 Å². The summed E-state index contributed by atoms with van der Waals surface area (Å²) >= 11 is 0. The largest absolute Gasteiger partial charge is 0.315 e. The molecular formula is C41H30N2. The Labute approximate surface area is 251 Å². The van der Waals surface area contributed by atoms with Crippen LogP contribution in [-0.4, -0.2) is 9.13 Å². The Kier molecular flexibility index (Phi) is 4.99. The Morgan fingerprint density at radius 2 is 1.21 bits per heavy atom. The van der Waals surface area contributed by atoms with Crippen molar-refractivity contribution in [2.45, 2.75) is 19.3 Å². The zero-order valence-electron chi connectivity index (χ0n) is 24.3. The zero-order valence-corrected chi connectivity index (χ0v) is 24.3. The van der Waals surface area contributed by atoms with E-state index in [1.54, 1.807) is 0 Å². The van der Waals surface area contributed by atoms with Gasteiger partial charge in [0.1, 0.15) is 0 Å². The van der Waals surface area contributed by atoms with Gasteiger partial charge in [-0.2, -0.15) is 0 Å². The minimum absolute atomic E-state index is 0.0100. The van der Waals surface area contributed by atoms with Crippen molar-refractivity contribution in [2.75, 3.05) is 0 Å². The molecule has 0 saturated heterocycles. The molecule has 2 nitrogen and oxygen atoms in total. The van der Waals surface area contributed by atoms with Crippen LogP contribution in [0.2, 0.25) is 0 Å². The van der Waals surface area contributed by atoms with Crippen molar-refractivity contribution in [3.8, 4) is 33.6 Å². The fourth-order valence-corrected chi connectivity index (χ4v) is 7.43. The summed E-state index contributed by atoms with van der Waals surface area (Å²) in [5.74, 6) is 0. The summed E-state index contributed by atoms with van der Waals surface area (Å²) in [6.07, 6.45) is 2.19. The van der Waals surface area contributed by atoms with E-state index < -0.39 is 0 Å². The van der Waals surface area contributed by atoms with Crippen molar-refractivity contribution in [3.05, 3.63) is 157 Å². The van der Waals surface area contributed by atoms with E-state index in [2.05, 4.69) is 169 Å². The van der Waals surface area contributed by atoms with Crippen LogP contribution in [0, 0.1) is 0 Å². The highest BCUT2D eigenvalue weighted by molar-refractivity contribution is 6.18. The molecule has 0 radical (unpaired) electrons. The average molecular weight is 551 g/mol. The van der Waals surface area contributed by atoms with Crippen LogP contribution in [0.5, 0.6) is 0 Å². The second kappa shape index (κ2) is 8.83. The summed E-state index contributed by atoms with van der Waals surface area (Å²) in [6.45, 7) is 4.69. The highest BCUT2D eigenvalue weighted by Gasteiger charge is 2.35. The number of para-hydroxylation sites is 2. The molecule has 1 aliphatic carbocycles. The van der Waals surface area contributed by atoms with Gasteiger partial charge in [-0.15, -0.1) is 0 Å². The van der Waals surface area contributed by atoms with E-state index in [-0.39, 0.29) is 5.41 Å². The van der Waals surface area contributed by atoms with E-state index in [0.717, 1.165) is 5.69 Å². The molecule has 2 aromatic heterocycles. The normalized spacial score (nSPS) is 13.5. The van der Waals surface area contributed by atoms with Crippen molar-refractivity contribution < 1.29 is 0 Å². The molecular weight excluding hydrogens is 520 g/mol. The van der Waals surface area contributed by atoms with Gasteiger partial charge < -0.3 is 9.13 Å². The lowest BCUT2D eigenvalue weighted by atomic mass is 9.81.